The molecule has 0 aliphatic heterocycles. The van der Waals surface area contributed by atoms with Gasteiger partial charge >= 0.3 is 0 Å². The highest BCUT2D eigenvalue weighted by atomic mass is 79.9. The number of aryl methyl sites for hydroxylation is 1. The predicted octanol–water partition coefficient (Wildman–Crippen LogP) is 7.32. The maximum absolute atomic E-state index is 11.1. The van der Waals surface area contributed by atoms with E-state index in [-0.39, 0.29) is 6.61 Å². The smallest absolute Gasteiger partial charge is 0.161 e. The van der Waals surface area contributed by atoms with E-state index >= 15 is 0 Å². The van der Waals surface area contributed by atoms with Crippen molar-refractivity contribution in [3.05, 3.63) is 129 Å². The van der Waals surface area contributed by atoms with Gasteiger partial charge in [0.1, 0.15) is 18.6 Å². The minimum atomic E-state index is -0.992. The third-order valence-corrected chi connectivity index (χ3v) is 6.79. The van der Waals surface area contributed by atoms with E-state index in [0.29, 0.717) is 24.7 Å². The average molecular weight is 605 g/mol. The van der Waals surface area contributed by atoms with Gasteiger partial charge in [-0.25, -0.2) is 0 Å². The standard InChI is InChI=1S/C33H34BrNO5/c1-24-4-6-27(7-5-24)22-39-30-16-10-28(11-17-30)23-40-35(21-26-8-14-29(34)15-9-26)33(36)19-13-25-12-18-31(37-2)32(20-25)38-3/h4-20,33,36H,21-23H2,1-3H3/b19-13+. The summed E-state index contributed by atoms with van der Waals surface area (Å²) >= 11 is 3.47. The lowest BCUT2D eigenvalue weighted by atomic mass is 10.1. The van der Waals surface area contributed by atoms with Crippen molar-refractivity contribution in [1.82, 2.24) is 5.06 Å². The predicted molar refractivity (Wildman–Crippen MR) is 161 cm³/mol. The first-order valence-corrected chi connectivity index (χ1v) is 13.7. The van der Waals surface area contributed by atoms with Gasteiger partial charge in [-0.15, -0.1) is 0 Å². The lowest BCUT2D eigenvalue weighted by molar-refractivity contribution is -0.238. The van der Waals surface area contributed by atoms with Gasteiger partial charge in [-0.3, -0.25) is 4.84 Å². The molecule has 208 valence electrons. The molecular weight excluding hydrogens is 570 g/mol. The first kappa shape index (κ1) is 29.4. The van der Waals surface area contributed by atoms with Gasteiger partial charge in [0.15, 0.2) is 11.5 Å². The summed E-state index contributed by atoms with van der Waals surface area (Å²) in [6, 6.07) is 29.6. The summed E-state index contributed by atoms with van der Waals surface area (Å²) in [6.07, 6.45) is 2.52. The average Bonchev–Trinajstić information content (AvgIpc) is 2.99. The van der Waals surface area contributed by atoms with Crippen molar-refractivity contribution in [3.63, 3.8) is 0 Å². The van der Waals surface area contributed by atoms with Gasteiger partial charge in [0.05, 0.1) is 27.4 Å². The van der Waals surface area contributed by atoms with E-state index in [1.54, 1.807) is 25.4 Å². The number of hydroxylamine groups is 2. The molecule has 7 heteroatoms. The fraction of sp³-hybridized carbons (Fsp3) is 0.212. The number of benzene rings is 4. The fourth-order valence-corrected chi connectivity index (χ4v) is 4.19. The van der Waals surface area contributed by atoms with E-state index in [9.17, 15) is 5.11 Å². The molecule has 0 spiro atoms. The van der Waals surface area contributed by atoms with Gasteiger partial charge < -0.3 is 19.3 Å². The van der Waals surface area contributed by atoms with Crippen molar-refractivity contribution in [2.45, 2.75) is 32.9 Å². The van der Waals surface area contributed by atoms with E-state index in [1.165, 1.54) is 5.56 Å². The maximum Gasteiger partial charge on any atom is 0.161 e. The lowest BCUT2D eigenvalue weighted by Gasteiger charge is -2.25. The summed E-state index contributed by atoms with van der Waals surface area (Å²) in [5, 5.41) is 12.6. The SMILES string of the molecule is COc1ccc(/C=C/C(O)N(Cc2ccc(Br)cc2)OCc2ccc(OCc3ccc(C)cc3)cc2)cc1OC. The number of ether oxygens (including phenoxy) is 3. The number of hydrogen-bond acceptors (Lipinski definition) is 6. The molecule has 1 atom stereocenters. The molecule has 0 radical (unpaired) electrons. The Morgan fingerprint density at radius 1 is 0.775 bits per heavy atom. The maximum atomic E-state index is 11.1. The normalized spacial score (nSPS) is 12.1. The number of nitrogens with zero attached hydrogens (tertiary/aromatic N) is 1. The zero-order valence-corrected chi connectivity index (χ0v) is 24.5. The van der Waals surface area contributed by atoms with Crippen molar-refractivity contribution in [3.8, 4) is 17.2 Å². The number of halogens is 1. The van der Waals surface area contributed by atoms with Crippen LogP contribution in [0.1, 0.15) is 27.8 Å². The summed E-state index contributed by atoms with van der Waals surface area (Å²) in [5.41, 5.74) is 5.17. The zero-order valence-electron chi connectivity index (χ0n) is 22.9. The molecule has 0 saturated carbocycles. The summed E-state index contributed by atoms with van der Waals surface area (Å²) in [5.74, 6) is 2.05. The van der Waals surface area contributed by atoms with E-state index in [4.69, 9.17) is 19.0 Å². The summed E-state index contributed by atoms with van der Waals surface area (Å²) in [6.45, 7) is 3.26. The summed E-state index contributed by atoms with van der Waals surface area (Å²) in [4.78, 5) is 6.11. The molecule has 0 saturated heterocycles. The number of methoxy groups -OCH3 is 2. The van der Waals surface area contributed by atoms with Crippen LogP contribution in [0, 0.1) is 6.92 Å². The van der Waals surface area contributed by atoms with Crippen LogP contribution in [0.5, 0.6) is 17.2 Å². The Kier molecular flexibility index (Phi) is 10.8. The van der Waals surface area contributed by atoms with Gasteiger partial charge in [0, 0.05) is 4.47 Å². The summed E-state index contributed by atoms with van der Waals surface area (Å²) < 4.78 is 17.6. The number of aliphatic hydroxyl groups is 1. The molecular formula is C33H34BrNO5. The van der Waals surface area contributed by atoms with Gasteiger partial charge in [-0.05, 0) is 71.7 Å². The molecule has 1 N–H and O–H groups in total. The van der Waals surface area contributed by atoms with Gasteiger partial charge in [-0.2, -0.15) is 5.06 Å². The van der Waals surface area contributed by atoms with Crippen LogP contribution in [-0.2, 0) is 24.6 Å². The Bertz CT molecular complexity index is 1370. The Balaban J connectivity index is 1.41. The van der Waals surface area contributed by atoms with E-state index in [1.807, 2.05) is 72.8 Å². The van der Waals surface area contributed by atoms with Crippen molar-refractivity contribution in [2.75, 3.05) is 14.2 Å². The molecule has 0 amide bonds. The number of aliphatic hydroxyl groups excluding tert-OH is 1. The molecule has 0 heterocycles. The van der Waals surface area contributed by atoms with Crippen LogP contribution in [-0.4, -0.2) is 30.6 Å². The van der Waals surface area contributed by atoms with Crippen molar-refractivity contribution >= 4 is 22.0 Å². The minimum Gasteiger partial charge on any atom is -0.493 e. The Labute approximate surface area is 244 Å². The Morgan fingerprint density at radius 2 is 1.40 bits per heavy atom. The molecule has 0 bridgehead atoms. The fourth-order valence-electron chi connectivity index (χ4n) is 3.93. The number of rotatable bonds is 13. The molecule has 4 aromatic carbocycles. The highest BCUT2D eigenvalue weighted by Crippen LogP contribution is 2.28. The second kappa shape index (κ2) is 14.7. The summed E-state index contributed by atoms with van der Waals surface area (Å²) in [7, 11) is 3.19. The Morgan fingerprint density at radius 3 is 2.08 bits per heavy atom. The second-order valence-electron chi connectivity index (χ2n) is 9.28. The molecule has 4 aromatic rings. The second-order valence-corrected chi connectivity index (χ2v) is 10.2. The van der Waals surface area contributed by atoms with Crippen LogP contribution < -0.4 is 14.2 Å². The molecule has 4 rings (SSSR count). The largest absolute Gasteiger partial charge is 0.493 e. The quantitative estimate of drug-likeness (QED) is 0.128. The van der Waals surface area contributed by atoms with Crippen LogP contribution in [0.25, 0.3) is 6.08 Å². The first-order valence-electron chi connectivity index (χ1n) is 12.9. The third kappa shape index (κ3) is 8.69. The minimum absolute atomic E-state index is 0.288. The topological polar surface area (TPSA) is 60.4 Å². The van der Waals surface area contributed by atoms with Crippen LogP contribution >= 0.6 is 15.9 Å². The van der Waals surface area contributed by atoms with Crippen molar-refractivity contribution in [1.29, 1.82) is 0 Å². The Hall–Kier alpha value is -3.62. The monoisotopic (exact) mass is 603 g/mol. The first-order chi connectivity index (χ1) is 19.4. The lowest BCUT2D eigenvalue weighted by Crippen LogP contribution is -2.33. The van der Waals surface area contributed by atoms with Gasteiger partial charge in [0.25, 0.3) is 0 Å². The van der Waals surface area contributed by atoms with E-state index < -0.39 is 6.23 Å². The van der Waals surface area contributed by atoms with Crippen LogP contribution in [0.3, 0.4) is 0 Å². The molecule has 0 fully saturated rings. The van der Waals surface area contributed by atoms with Crippen molar-refractivity contribution < 1.29 is 24.2 Å². The third-order valence-electron chi connectivity index (χ3n) is 6.26. The highest BCUT2D eigenvalue weighted by molar-refractivity contribution is 9.10. The van der Waals surface area contributed by atoms with Gasteiger partial charge in [-0.1, -0.05) is 82.2 Å². The van der Waals surface area contributed by atoms with Crippen LogP contribution in [0.2, 0.25) is 0 Å². The van der Waals surface area contributed by atoms with E-state index in [2.05, 4.69) is 47.1 Å². The van der Waals surface area contributed by atoms with E-state index in [0.717, 1.165) is 32.5 Å². The molecule has 1 unspecified atom stereocenters. The highest BCUT2D eigenvalue weighted by Gasteiger charge is 2.16. The molecule has 0 aromatic heterocycles. The van der Waals surface area contributed by atoms with Gasteiger partial charge in [0.2, 0.25) is 0 Å². The zero-order chi connectivity index (χ0) is 28.3. The molecule has 40 heavy (non-hydrogen) atoms. The number of hydrogen-bond donors (Lipinski definition) is 1. The molecule has 0 aliphatic rings. The molecule has 0 aliphatic carbocycles. The van der Waals surface area contributed by atoms with Crippen LogP contribution in [0.4, 0.5) is 0 Å². The van der Waals surface area contributed by atoms with Crippen LogP contribution in [0.15, 0.2) is 102 Å². The van der Waals surface area contributed by atoms with Crippen molar-refractivity contribution in [2.24, 2.45) is 0 Å². The molecule has 6 nitrogen and oxygen atoms in total.